The maximum Gasteiger partial charge on any atom is 0.167 e. The molecule has 1 heterocycles. The number of benzene rings is 2. The zero-order valence-corrected chi connectivity index (χ0v) is 11.2. The molecule has 0 saturated carbocycles. The van der Waals surface area contributed by atoms with Crippen molar-refractivity contribution in [2.75, 3.05) is 0 Å². The second kappa shape index (κ2) is 5.54. The molecule has 3 rings (SSSR count). The molecule has 0 aliphatic rings. The maximum absolute atomic E-state index is 7.29. The number of hydrogen-bond acceptors (Lipinski definition) is 4. The summed E-state index contributed by atoms with van der Waals surface area (Å²) in [6.07, 6.45) is 2.61. The van der Waals surface area contributed by atoms with E-state index in [0.717, 1.165) is 27.9 Å². The van der Waals surface area contributed by atoms with Crippen LogP contribution in [0.15, 0.2) is 59.1 Å². The van der Waals surface area contributed by atoms with Gasteiger partial charge < -0.3 is 15.3 Å². The van der Waals surface area contributed by atoms with Gasteiger partial charge in [-0.3, -0.25) is 0 Å². The first-order chi connectivity index (χ1) is 10.3. The molecule has 2 aromatic carbocycles. The standard InChI is InChI=1S/C17H13N3O/c18-10-12-4-6-14(7-5-12)17-9-16(20-21-17)15-3-1-2-13(8-15)11-19/h1-11,18-19H. The van der Waals surface area contributed by atoms with Crippen LogP contribution in [0.25, 0.3) is 22.6 Å². The Morgan fingerprint density at radius 1 is 0.810 bits per heavy atom. The molecule has 0 atom stereocenters. The Bertz CT molecular complexity index is 788. The summed E-state index contributed by atoms with van der Waals surface area (Å²) >= 11 is 0. The van der Waals surface area contributed by atoms with Crippen molar-refractivity contribution in [3.05, 3.63) is 65.7 Å². The number of nitrogens with one attached hydrogen (secondary N) is 2. The molecule has 0 bridgehead atoms. The van der Waals surface area contributed by atoms with Gasteiger partial charge >= 0.3 is 0 Å². The van der Waals surface area contributed by atoms with Crippen LogP contribution in [0.4, 0.5) is 0 Å². The molecule has 4 heteroatoms. The molecule has 0 unspecified atom stereocenters. The molecule has 0 spiro atoms. The molecule has 0 aliphatic carbocycles. The van der Waals surface area contributed by atoms with Crippen molar-refractivity contribution in [2.45, 2.75) is 0 Å². The molecular formula is C17H13N3O. The Labute approximate surface area is 122 Å². The van der Waals surface area contributed by atoms with E-state index in [4.69, 9.17) is 15.3 Å². The van der Waals surface area contributed by atoms with Gasteiger partial charge in [0.25, 0.3) is 0 Å². The fourth-order valence-electron chi connectivity index (χ4n) is 2.08. The van der Waals surface area contributed by atoms with E-state index < -0.39 is 0 Å². The van der Waals surface area contributed by atoms with Crippen molar-refractivity contribution >= 4 is 12.4 Å². The highest BCUT2D eigenvalue weighted by atomic mass is 16.5. The normalized spacial score (nSPS) is 10.3. The molecule has 21 heavy (non-hydrogen) atoms. The van der Waals surface area contributed by atoms with Crippen LogP contribution in [0.3, 0.4) is 0 Å². The summed E-state index contributed by atoms with van der Waals surface area (Å²) in [5, 5.41) is 18.6. The Morgan fingerprint density at radius 2 is 1.57 bits per heavy atom. The largest absolute Gasteiger partial charge is 0.356 e. The number of aromatic nitrogens is 1. The van der Waals surface area contributed by atoms with Crippen LogP contribution >= 0.6 is 0 Å². The van der Waals surface area contributed by atoms with Gasteiger partial charge in [0.15, 0.2) is 5.76 Å². The molecule has 0 aliphatic heterocycles. The minimum Gasteiger partial charge on any atom is -0.356 e. The Hall–Kier alpha value is -3.01. The maximum atomic E-state index is 7.29. The van der Waals surface area contributed by atoms with Crippen LogP contribution in [-0.4, -0.2) is 17.6 Å². The Kier molecular flexibility index (Phi) is 3.43. The Balaban J connectivity index is 1.94. The van der Waals surface area contributed by atoms with Gasteiger partial charge in [0, 0.05) is 29.6 Å². The smallest absolute Gasteiger partial charge is 0.167 e. The summed E-state index contributed by atoms with van der Waals surface area (Å²) in [7, 11) is 0. The van der Waals surface area contributed by atoms with Crippen molar-refractivity contribution in [2.24, 2.45) is 0 Å². The predicted molar refractivity (Wildman–Crippen MR) is 83.1 cm³/mol. The van der Waals surface area contributed by atoms with Crippen molar-refractivity contribution in [3.8, 4) is 22.6 Å². The lowest BCUT2D eigenvalue weighted by Crippen LogP contribution is -1.82. The van der Waals surface area contributed by atoms with Crippen molar-refractivity contribution in [3.63, 3.8) is 0 Å². The summed E-state index contributed by atoms with van der Waals surface area (Å²) in [4.78, 5) is 0. The van der Waals surface area contributed by atoms with Gasteiger partial charge in [-0.25, -0.2) is 0 Å². The molecule has 102 valence electrons. The lowest BCUT2D eigenvalue weighted by molar-refractivity contribution is 0.435. The molecular weight excluding hydrogens is 262 g/mol. The quantitative estimate of drug-likeness (QED) is 0.706. The fraction of sp³-hybridized carbons (Fsp3) is 0. The van der Waals surface area contributed by atoms with E-state index >= 15 is 0 Å². The summed E-state index contributed by atoms with van der Waals surface area (Å²) in [5.74, 6) is 0.682. The fourth-order valence-corrected chi connectivity index (χ4v) is 2.08. The van der Waals surface area contributed by atoms with Gasteiger partial charge in [-0.05, 0) is 17.2 Å². The predicted octanol–water partition coefficient (Wildman–Crippen LogP) is 4.00. The lowest BCUT2D eigenvalue weighted by Gasteiger charge is -1.97. The molecule has 4 nitrogen and oxygen atoms in total. The molecule has 3 aromatic rings. The average Bonchev–Trinajstić information content (AvgIpc) is 3.05. The van der Waals surface area contributed by atoms with Crippen LogP contribution in [0, 0.1) is 10.8 Å². The van der Waals surface area contributed by atoms with E-state index in [0.29, 0.717) is 5.76 Å². The van der Waals surface area contributed by atoms with Crippen LogP contribution < -0.4 is 0 Å². The van der Waals surface area contributed by atoms with Crippen LogP contribution in [-0.2, 0) is 0 Å². The minimum atomic E-state index is 0.682. The SMILES string of the molecule is N=Cc1ccc(-c2cc(-c3cccc(C=N)c3)no2)cc1. The second-order valence-corrected chi connectivity index (χ2v) is 4.61. The summed E-state index contributed by atoms with van der Waals surface area (Å²) < 4.78 is 5.39. The third-order valence-corrected chi connectivity index (χ3v) is 3.22. The topological polar surface area (TPSA) is 73.7 Å². The molecule has 0 radical (unpaired) electrons. The van der Waals surface area contributed by atoms with Gasteiger partial charge in [0.1, 0.15) is 5.69 Å². The Morgan fingerprint density at radius 3 is 2.29 bits per heavy atom. The lowest BCUT2D eigenvalue weighted by atomic mass is 10.1. The van der Waals surface area contributed by atoms with E-state index in [1.54, 1.807) is 0 Å². The van der Waals surface area contributed by atoms with E-state index in [-0.39, 0.29) is 0 Å². The molecule has 2 N–H and O–H groups in total. The highest BCUT2D eigenvalue weighted by molar-refractivity contribution is 5.81. The summed E-state index contributed by atoms with van der Waals surface area (Å²) in [6, 6.07) is 17.0. The van der Waals surface area contributed by atoms with Gasteiger partial charge in [-0.15, -0.1) is 0 Å². The number of hydrogen-bond donors (Lipinski definition) is 2. The van der Waals surface area contributed by atoms with Crippen LogP contribution in [0.2, 0.25) is 0 Å². The van der Waals surface area contributed by atoms with E-state index in [9.17, 15) is 0 Å². The monoisotopic (exact) mass is 275 g/mol. The molecule has 0 saturated heterocycles. The third kappa shape index (κ3) is 2.65. The van der Waals surface area contributed by atoms with Gasteiger partial charge in [-0.1, -0.05) is 47.6 Å². The van der Waals surface area contributed by atoms with Crippen molar-refractivity contribution in [1.82, 2.24) is 5.16 Å². The van der Waals surface area contributed by atoms with E-state index in [1.165, 1.54) is 12.4 Å². The van der Waals surface area contributed by atoms with E-state index in [1.807, 2.05) is 54.6 Å². The van der Waals surface area contributed by atoms with Gasteiger partial charge in [0.05, 0.1) is 0 Å². The van der Waals surface area contributed by atoms with Crippen LogP contribution in [0.5, 0.6) is 0 Å². The molecule has 0 amide bonds. The molecule has 0 fully saturated rings. The zero-order valence-electron chi connectivity index (χ0n) is 11.2. The minimum absolute atomic E-state index is 0.682. The first-order valence-electron chi connectivity index (χ1n) is 6.49. The number of rotatable bonds is 4. The molecule has 1 aromatic heterocycles. The first-order valence-corrected chi connectivity index (χ1v) is 6.49. The summed E-state index contributed by atoms with van der Waals surface area (Å²) in [6.45, 7) is 0. The van der Waals surface area contributed by atoms with Gasteiger partial charge in [0.2, 0.25) is 0 Å². The van der Waals surface area contributed by atoms with Crippen molar-refractivity contribution < 1.29 is 4.52 Å². The highest BCUT2D eigenvalue weighted by Gasteiger charge is 2.08. The van der Waals surface area contributed by atoms with Crippen LogP contribution in [0.1, 0.15) is 11.1 Å². The second-order valence-electron chi connectivity index (χ2n) is 4.61. The number of nitrogens with zero attached hydrogens (tertiary/aromatic N) is 1. The third-order valence-electron chi connectivity index (χ3n) is 3.22. The first kappa shape index (κ1) is 13.0. The van der Waals surface area contributed by atoms with E-state index in [2.05, 4.69) is 5.16 Å². The average molecular weight is 275 g/mol. The van der Waals surface area contributed by atoms with Crippen molar-refractivity contribution in [1.29, 1.82) is 10.8 Å². The summed E-state index contributed by atoms with van der Waals surface area (Å²) in [5.41, 5.74) is 4.25. The van der Waals surface area contributed by atoms with Gasteiger partial charge in [-0.2, -0.15) is 0 Å². The zero-order chi connectivity index (χ0) is 14.7. The highest BCUT2D eigenvalue weighted by Crippen LogP contribution is 2.26.